The van der Waals surface area contributed by atoms with Crippen LogP contribution in [0.15, 0.2) is 12.1 Å². The molecule has 0 unspecified atom stereocenters. The lowest BCUT2D eigenvalue weighted by atomic mass is 9.96. The molecule has 1 N–H and O–H groups in total. The number of hydrogen-bond donors (Lipinski definition) is 1. The van der Waals surface area contributed by atoms with Crippen LogP contribution in [0.2, 0.25) is 4.34 Å². The van der Waals surface area contributed by atoms with Crippen LogP contribution in [-0.4, -0.2) is 42.5 Å². The number of nitrogens with one attached hydrogen (secondary N) is 1. The molecule has 9 heteroatoms. The number of nitrogens with zero attached hydrogens (tertiary/aromatic N) is 1. The predicted molar refractivity (Wildman–Crippen MR) is 77.0 cm³/mol. The van der Waals surface area contributed by atoms with Crippen LogP contribution in [0.1, 0.15) is 22.5 Å². The van der Waals surface area contributed by atoms with Crippen molar-refractivity contribution in [2.45, 2.75) is 19.0 Å². The van der Waals surface area contributed by atoms with Crippen molar-refractivity contribution in [2.24, 2.45) is 5.92 Å². The normalized spacial score (nSPS) is 16.6. The van der Waals surface area contributed by atoms with Gasteiger partial charge in [-0.1, -0.05) is 11.6 Å². The largest absolute Gasteiger partial charge is 0.405 e. The Morgan fingerprint density at radius 2 is 1.95 bits per heavy atom. The van der Waals surface area contributed by atoms with E-state index in [1.165, 1.54) is 11.3 Å². The van der Waals surface area contributed by atoms with Crippen LogP contribution in [-0.2, 0) is 4.79 Å². The summed E-state index contributed by atoms with van der Waals surface area (Å²) in [7, 11) is 0. The summed E-state index contributed by atoms with van der Waals surface area (Å²) in [5, 5.41) is 1.89. The van der Waals surface area contributed by atoms with Crippen molar-refractivity contribution in [3.63, 3.8) is 0 Å². The zero-order valence-corrected chi connectivity index (χ0v) is 13.0. The van der Waals surface area contributed by atoms with E-state index in [1.807, 2.05) is 5.32 Å². The van der Waals surface area contributed by atoms with E-state index in [4.69, 9.17) is 11.6 Å². The number of rotatable bonds is 3. The van der Waals surface area contributed by atoms with E-state index in [-0.39, 0.29) is 5.91 Å². The van der Waals surface area contributed by atoms with E-state index >= 15 is 0 Å². The number of halogens is 4. The van der Waals surface area contributed by atoms with Crippen molar-refractivity contribution < 1.29 is 22.8 Å². The Morgan fingerprint density at radius 3 is 2.45 bits per heavy atom. The van der Waals surface area contributed by atoms with Crippen molar-refractivity contribution in [3.05, 3.63) is 21.3 Å². The van der Waals surface area contributed by atoms with Crippen LogP contribution >= 0.6 is 22.9 Å². The molecule has 4 nitrogen and oxygen atoms in total. The Bertz CT molecular complexity index is 554. The predicted octanol–water partition coefficient (Wildman–Crippen LogP) is 2.93. The number of amides is 2. The van der Waals surface area contributed by atoms with Crippen molar-refractivity contribution >= 4 is 34.8 Å². The van der Waals surface area contributed by atoms with Gasteiger partial charge in [-0.2, -0.15) is 13.2 Å². The molecule has 0 saturated carbocycles. The first-order valence-electron chi connectivity index (χ1n) is 6.65. The molecule has 1 aromatic heterocycles. The first kappa shape index (κ1) is 17.1. The third-order valence-electron chi connectivity index (χ3n) is 3.40. The summed E-state index contributed by atoms with van der Waals surface area (Å²) in [5.41, 5.74) is 0. The van der Waals surface area contributed by atoms with Crippen molar-refractivity contribution in [3.8, 4) is 0 Å². The molecule has 1 fully saturated rings. The van der Waals surface area contributed by atoms with Gasteiger partial charge in [0.15, 0.2) is 0 Å². The topological polar surface area (TPSA) is 49.4 Å². The Kier molecular flexibility index (Phi) is 5.33. The molecule has 1 aliphatic rings. The fraction of sp³-hybridized carbons (Fsp3) is 0.538. The molecule has 2 heterocycles. The van der Waals surface area contributed by atoms with Crippen LogP contribution < -0.4 is 5.32 Å². The fourth-order valence-electron chi connectivity index (χ4n) is 2.26. The highest BCUT2D eigenvalue weighted by atomic mass is 35.5. The van der Waals surface area contributed by atoms with E-state index in [2.05, 4.69) is 0 Å². The number of thiophene rings is 1. The molecular weight excluding hydrogens is 341 g/mol. The van der Waals surface area contributed by atoms with E-state index < -0.39 is 24.5 Å². The number of carbonyl (C=O) groups is 2. The summed E-state index contributed by atoms with van der Waals surface area (Å²) in [4.78, 5) is 26.0. The van der Waals surface area contributed by atoms with Crippen LogP contribution in [0, 0.1) is 5.92 Å². The van der Waals surface area contributed by atoms with Gasteiger partial charge in [0.05, 0.1) is 9.21 Å². The van der Waals surface area contributed by atoms with Gasteiger partial charge < -0.3 is 10.2 Å². The fourth-order valence-corrected chi connectivity index (χ4v) is 3.27. The molecule has 0 atom stereocenters. The molecule has 1 aliphatic heterocycles. The highest BCUT2D eigenvalue weighted by molar-refractivity contribution is 7.17. The molecular formula is C13H14ClF3N2O2S. The molecule has 22 heavy (non-hydrogen) atoms. The average molecular weight is 355 g/mol. The van der Waals surface area contributed by atoms with Gasteiger partial charge >= 0.3 is 6.18 Å². The van der Waals surface area contributed by atoms with Crippen LogP contribution in [0.25, 0.3) is 0 Å². The molecule has 0 radical (unpaired) electrons. The first-order chi connectivity index (χ1) is 10.3. The van der Waals surface area contributed by atoms with Gasteiger partial charge in [-0.15, -0.1) is 11.3 Å². The Balaban J connectivity index is 1.82. The van der Waals surface area contributed by atoms with Crippen molar-refractivity contribution in [1.29, 1.82) is 0 Å². The third-order valence-corrected chi connectivity index (χ3v) is 4.62. The molecule has 0 bridgehead atoms. The van der Waals surface area contributed by atoms with Gasteiger partial charge in [-0.3, -0.25) is 9.59 Å². The summed E-state index contributed by atoms with van der Waals surface area (Å²) < 4.78 is 36.7. The standard InChI is InChI=1S/C13H14ClF3N2O2S/c14-10-2-1-9(22-10)12(21)19-5-3-8(4-6-19)11(20)18-7-13(15,16)17/h1-2,8H,3-7H2,(H,18,20). The minimum Gasteiger partial charge on any atom is -0.347 e. The Morgan fingerprint density at radius 1 is 1.32 bits per heavy atom. The molecule has 1 aromatic rings. The highest BCUT2D eigenvalue weighted by Crippen LogP contribution is 2.25. The van der Waals surface area contributed by atoms with Gasteiger partial charge in [0.25, 0.3) is 5.91 Å². The Labute approximate surface area is 134 Å². The minimum atomic E-state index is -4.41. The Hall–Kier alpha value is -1.28. The second kappa shape index (κ2) is 6.87. The smallest absolute Gasteiger partial charge is 0.347 e. The summed E-state index contributed by atoms with van der Waals surface area (Å²) >= 11 is 6.96. The van der Waals surface area contributed by atoms with E-state index in [0.717, 1.165) is 0 Å². The zero-order valence-electron chi connectivity index (χ0n) is 11.5. The molecule has 2 amide bonds. The third kappa shape index (κ3) is 4.61. The first-order valence-corrected chi connectivity index (χ1v) is 7.85. The number of alkyl halides is 3. The quantitative estimate of drug-likeness (QED) is 0.907. The number of carbonyl (C=O) groups excluding carboxylic acids is 2. The maximum atomic E-state index is 12.2. The second-order valence-corrected chi connectivity index (χ2v) is 6.72. The monoisotopic (exact) mass is 354 g/mol. The molecule has 0 aliphatic carbocycles. The van der Waals surface area contributed by atoms with E-state index in [1.54, 1.807) is 17.0 Å². The highest BCUT2D eigenvalue weighted by Gasteiger charge is 2.32. The lowest BCUT2D eigenvalue weighted by Gasteiger charge is -2.31. The van der Waals surface area contributed by atoms with Gasteiger partial charge in [-0.05, 0) is 25.0 Å². The second-order valence-electron chi connectivity index (χ2n) is 5.00. The number of hydrogen-bond acceptors (Lipinski definition) is 3. The van der Waals surface area contributed by atoms with Crippen LogP contribution in [0.3, 0.4) is 0 Å². The average Bonchev–Trinajstić information content (AvgIpc) is 2.90. The number of likely N-dealkylation sites (tertiary alicyclic amines) is 1. The maximum absolute atomic E-state index is 12.2. The van der Waals surface area contributed by atoms with Crippen LogP contribution in [0.4, 0.5) is 13.2 Å². The molecule has 0 spiro atoms. The van der Waals surface area contributed by atoms with Gasteiger partial charge in [-0.25, -0.2) is 0 Å². The summed E-state index contributed by atoms with van der Waals surface area (Å²) in [6.07, 6.45) is -3.70. The van der Waals surface area contributed by atoms with Gasteiger partial charge in [0.2, 0.25) is 5.91 Å². The number of piperidine rings is 1. The molecule has 122 valence electrons. The van der Waals surface area contributed by atoms with Gasteiger partial charge in [0.1, 0.15) is 6.54 Å². The zero-order chi connectivity index (χ0) is 16.3. The van der Waals surface area contributed by atoms with E-state index in [9.17, 15) is 22.8 Å². The van der Waals surface area contributed by atoms with Crippen molar-refractivity contribution in [2.75, 3.05) is 19.6 Å². The molecule has 1 saturated heterocycles. The van der Waals surface area contributed by atoms with Crippen molar-refractivity contribution in [1.82, 2.24) is 10.2 Å². The summed E-state index contributed by atoms with van der Waals surface area (Å²) in [5.74, 6) is -1.26. The van der Waals surface area contributed by atoms with Crippen LogP contribution in [0.5, 0.6) is 0 Å². The maximum Gasteiger partial charge on any atom is 0.405 e. The lowest BCUT2D eigenvalue weighted by molar-refractivity contribution is -0.141. The minimum absolute atomic E-state index is 0.161. The van der Waals surface area contributed by atoms with E-state index in [0.29, 0.717) is 35.1 Å². The van der Waals surface area contributed by atoms with Gasteiger partial charge in [0, 0.05) is 19.0 Å². The lowest BCUT2D eigenvalue weighted by Crippen LogP contribution is -2.44. The molecule has 2 rings (SSSR count). The summed E-state index contributed by atoms with van der Waals surface area (Å²) in [6.45, 7) is -0.629. The SMILES string of the molecule is O=C(NCC(F)(F)F)C1CCN(C(=O)c2ccc(Cl)s2)CC1. The molecule has 0 aromatic carbocycles. The summed E-state index contributed by atoms with van der Waals surface area (Å²) in [6, 6.07) is 3.27.